The minimum absolute atomic E-state index is 0.0681. The second kappa shape index (κ2) is 3.91. The summed E-state index contributed by atoms with van der Waals surface area (Å²) in [5.74, 6) is 0.826. The van der Waals surface area contributed by atoms with Gasteiger partial charge in [-0.05, 0) is 24.7 Å². The van der Waals surface area contributed by atoms with Crippen LogP contribution in [0.5, 0.6) is 0 Å². The predicted octanol–water partition coefficient (Wildman–Crippen LogP) is 3.43. The van der Waals surface area contributed by atoms with Crippen LogP contribution in [0.1, 0.15) is 47.4 Å². The lowest BCUT2D eigenvalue weighted by atomic mass is 9.70. The van der Waals surface area contributed by atoms with Gasteiger partial charge in [-0.3, -0.25) is 9.59 Å². The first-order valence-corrected chi connectivity index (χ1v) is 6.51. The Hall–Kier alpha value is -1.70. The van der Waals surface area contributed by atoms with Crippen molar-refractivity contribution in [2.24, 2.45) is 11.8 Å². The van der Waals surface area contributed by atoms with E-state index >= 15 is 0 Å². The van der Waals surface area contributed by atoms with E-state index in [1.165, 1.54) is 0 Å². The summed E-state index contributed by atoms with van der Waals surface area (Å²) in [5, 5.41) is 0. The fourth-order valence-electron chi connectivity index (χ4n) is 3.32. The van der Waals surface area contributed by atoms with E-state index in [2.05, 4.69) is 13.8 Å². The average Bonchev–Trinajstić information content (AvgIpc) is 2.35. The minimum atomic E-state index is 0.0681. The number of hydrogen-bond donors (Lipinski definition) is 0. The number of fused-ring (bicyclic) bond motifs is 1. The Kier molecular flexibility index (Phi) is 2.47. The van der Waals surface area contributed by atoms with Gasteiger partial charge in [0.25, 0.3) is 0 Å². The zero-order valence-corrected chi connectivity index (χ0v) is 10.7. The molecule has 0 aliphatic heterocycles. The molecule has 0 N–H and O–H groups in total. The van der Waals surface area contributed by atoms with Gasteiger partial charge in [0.15, 0.2) is 11.6 Å². The summed E-state index contributed by atoms with van der Waals surface area (Å²) in [6.45, 7) is 4.21. The second-order valence-corrected chi connectivity index (χ2v) is 5.54. The van der Waals surface area contributed by atoms with E-state index < -0.39 is 0 Å². The van der Waals surface area contributed by atoms with Crippen molar-refractivity contribution in [1.82, 2.24) is 0 Å². The lowest BCUT2D eigenvalue weighted by molar-refractivity contribution is 0.0950. The highest BCUT2D eigenvalue weighted by Gasteiger charge is 2.37. The lowest BCUT2D eigenvalue weighted by Crippen LogP contribution is -2.30. The normalized spacial score (nSPS) is 27.0. The Morgan fingerprint density at radius 2 is 1.61 bits per heavy atom. The van der Waals surface area contributed by atoms with Crippen molar-refractivity contribution >= 4 is 11.6 Å². The number of carbonyl (C=O) groups is 2. The van der Waals surface area contributed by atoms with Gasteiger partial charge in [-0.2, -0.15) is 0 Å². The van der Waals surface area contributed by atoms with Crippen LogP contribution in [0.15, 0.2) is 35.4 Å². The number of ketones is 2. The molecule has 0 radical (unpaired) electrons. The van der Waals surface area contributed by atoms with Gasteiger partial charge in [-0.15, -0.1) is 0 Å². The van der Waals surface area contributed by atoms with Gasteiger partial charge in [-0.25, -0.2) is 0 Å². The van der Waals surface area contributed by atoms with Crippen LogP contribution < -0.4 is 0 Å². The topological polar surface area (TPSA) is 34.1 Å². The third kappa shape index (κ3) is 1.48. The van der Waals surface area contributed by atoms with Crippen LogP contribution in [0, 0.1) is 11.8 Å². The van der Waals surface area contributed by atoms with Gasteiger partial charge in [0.05, 0.1) is 0 Å². The largest absolute Gasteiger partial charge is 0.289 e. The van der Waals surface area contributed by atoms with Gasteiger partial charge >= 0.3 is 0 Å². The van der Waals surface area contributed by atoms with E-state index in [-0.39, 0.29) is 17.5 Å². The number of Topliss-reactive ketones (excluding diaryl/α,β-unsaturated/α-hetero) is 2. The Morgan fingerprint density at radius 1 is 1.00 bits per heavy atom. The third-order valence-electron chi connectivity index (χ3n) is 4.06. The number of hydrogen-bond acceptors (Lipinski definition) is 2. The molecule has 0 saturated heterocycles. The molecule has 0 amide bonds. The van der Waals surface area contributed by atoms with E-state index in [1.807, 2.05) is 12.1 Å². The zero-order chi connectivity index (χ0) is 12.9. The molecule has 18 heavy (non-hydrogen) atoms. The summed E-state index contributed by atoms with van der Waals surface area (Å²) in [6, 6.07) is 7.18. The molecule has 2 atom stereocenters. The summed E-state index contributed by atoms with van der Waals surface area (Å²) in [7, 11) is 0. The van der Waals surface area contributed by atoms with E-state index in [9.17, 15) is 9.59 Å². The van der Waals surface area contributed by atoms with Crippen LogP contribution in [0.3, 0.4) is 0 Å². The maximum Gasteiger partial charge on any atom is 0.190 e. The molecule has 1 aromatic carbocycles. The van der Waals surface area contributed by atoms with Crippen molar-refractivity contribution in [2.45, 2.75) is 26.7 Å². The molecule has 0 heterocycles. The molecule has 0 fully saturated rings. The third-order valence-corrected chi connectivity index (χ3v) is 4.06. The summed E-state index contributed by atoms with van der Waals surface area (Å²) in [5.41, 5.74) is 2.71. The Labute approximate surface area is 107 Å². The highest BCUT2D eigenvalue weighted by molar-refractivity contribution is 6.27. The standard InChI is InChI=1S/C16H16O2/c1-9-7-10(2)14-13(8-9)15(17)11-5-3-4-6-12(11)16(14)18/h3-6,9-10H,7-8H2,1-2H3. The van der Waals surface area contributed by atoms with E-state index in [4.69, 9.17) is 0 Å². The molecule has 92 valence electrons. The Balaban J connectivity index is 2.20. The van der Waals surface area contributed by atoms with Crippen LogP contribution in [-0.2, 0) is 0 Å². The molecular formula is C16H16O2. The molecule has 2 nitrogen and oxygen atoms in total. The van der Waals surface area contributed by atoms with Gasteiger partial charge in [-0.1, -0.05) is 38.1 Å². The Morgan fingerprint density at radius 3 is 2.28 bits per heavy atom. The average molecular weight is 240 g/mol. The molecule has 3 rings (SSSR count). The van der Waals surface area contributed by atoms with Gasteiger partial charge in [0.1, 0.15) is 0 Å². The monoisotopic (exact) mass is 240 g/mol. The maximum atomic E-state index is 12.5. The lowest BCUT2D eigenvalue weighted by Gasteiger charge is -2.32. The molecular weight excluding hydrogens is 224 g/mol. The number of rotatable bonds is 0. The van der Waals surface area contributed by atoms with Crippen molar-refractivity contribution < 1.29 is 9.59 Å². The van der Waals surface area contributed by atoms with E-state index in [0.29, 0.717) is 17.0 Å². The molecule has 2 heteroatoms. The molecule has 0 spiro atoms. The first-order valence-electron chi connectivity index (χ1n) is 6.51. The smallest absolute Gasteiger partial charge is 0.190 e. The van der Waals surface area contributed by atoms with Gasteiger partial charge in [0, 0.05) is 22.3 Å². The molecule has 0 aromatic heterocycles. The van der Waals surface area contributed by atoms with Crippen LogP contribution in [0.4, 0.5) is 0 Å². The van der Waals surface area contributed by atoms with E-state index in [1.54, 1.807) is 12.1 Å². The van der Waals surface area contributed by atoms with Crippen LogP contribution in [0.2, 0.25) is 0 Å². The van der Waals surface area contributed by atoms with Gasteiger partial charge < -0.3 is 0 Å². The minimum Gasteiger partial charge on any atom is -0.289 e. The zero-order valence-electron chi connectivity index (χ0n) is 10.7. The maximum absolute atomic E-state index is 12.5. The second-order valence-electron chi connectivity index (χ2n) is 5.54. The summed E-state index contributed by atoms with van der Waals surface area (Å²) in [6.07, 6.45) is 1.75. The summed E-state index contributed by atoms with van der Waals surface area (Å²) >= 11 is 0. The van der Waals surface area contributed by atoms with Crippen LogP contribution >= 0.6 is 0 Å². The highest BCUT2D eigenvalue weighted by Crippen LogP contribution is 2.40. The first kappa shape index (κ1) is 11.4. The highest BCUT2D eigenvalue weighted by atomic mass is 16.1. The number of benzene rings is 1. The van der Waals surface area contributed by atoms with Crippen molar-refractivity contribution in [2.75, 3.05) is 0 Å². The van der Waals surface area contributed by atoms with Crippen molar-refractivity contribution in [3.63, 3.8) is 0 Å². The fourth-order valence-corrected chi connectivity index (χ4v) is 3.32. The van der Waals surface area contributed by atoms with Crippen LogP contribution in [-0.4, -0.2) is 11.6 Å². The Bertz CT molecular complexity index is 581. The molecule has 0 saturated carbocycles. The van der Waals surface area contributed by atoms with Crippen LogP contribution in [0.25, 0.3) is 0 Å². The van der Waals surface area contributed by atoms with Gasteiger partial charge in [0.2, 0.25) is 0 Å². The number of carbonyl (C=O) groups excluding carboxylic acids is 2. The summed E-state index contributed by atoms with van der Waals surface area (Å²) < 4.78 is 0. The first-order chi connectivity index (χ1) is 8.59. The molecule has 2 aliphatic carbocycles. The van der Waals surface area contributed by atoms with Crippen molar-refractivity contribution in [3.8, 4) is 0 Å². The van der Waals surface area contributed by atoms with E-state index in [0.717, 1.165) is 24.0 Å². The quantitative estimate of drug-likeness (QED) is 0.696. The number of allylic oxidation sites excluding steroid dienone is 2. The predicted molar refractivity (Wildman–Crippen MR) is 69.7 cm³/mol. The molecule has 1 aromatic rings. The molecule has 2 unspecified atom stereocenters. The molecule has 2 aliphatic rings. The van der Waals surface area contributed by atoms with Crippen molar-refractivity contribution in [3.05, 3.63) is 46.5 Å². The SMILES string of the molecule is CC1CC2=C(C(=O)c3ccccc3C2=O)C(C)C1. The van der Waals surface area contributed by atoms with Crippen molar-refractivity contribution in [1.29, 1.82) is 0 Å². The molecule has 0 bridgehead atoms. The fraction of sp³-hybridized carbons (Fsp3) is 0.375. The summed E-state index contributed by atoms with van der Waals surface area (Å²) in [4.78, 5) is 25.0.